The fraction of sp³-hybridized carbons (Fsp3) is 0.400. The number of rotatable bonds is 3. The second kappa shape index (κ2) is 4.22. The van der Waals surface area contributed by atoms with Gasteiger partial charge in [-0.3, -0.25) is 0 Å². The molecule has 0 N–H and O–H groups in total. The summed E-state index contributed by atoms with van der Waals surface area (Å²) in [4.78, 5) is 6.71. The summed E-state index contributed by atoms with van der Waals surface area (Å²) in [5.74, 6) is 1.83. The van der Waals surface area contributed by atoms with Gasteiger partial charge in [-0.15, -0.1) is 0 Å². The van der Waals surface area contributed by atoms with Crippen LogP contribution in [0.5, 0.6) is 11.5 Å². The van der Waals surface area contributed by atoms with Gasteiger partial charge in [0.1, 0.15) is 0 Å². The van der Waals surface area contributed by atoms with Gasteiger partial charge in [0.05, 0.1) is 0 Å². The topological polar surface area (TPSA) is 18.5 Å². The van der Waals surface area contributed by atoms with Crippen LogP contribution in [0.4, 0.5) is 0 Å². The van der Waals surface area contributed by atoms with Gasteiger partial charge in [-0.05, 0) is 0 Å². The molecule has 0 atom stereocenters. The molecule has 0 heterocycles. The molecule has 13 heavy (non-hydrogen) atoms. The molecule has 3 heteroatoms. The Morgan fingerprint density at radius 3 is 1.77 bits per heavy atom. The fourth-order valence-corrected chi connectivity index (χ4v) is 3.40. The van der Waals surface area contributed by atoms with Gasteiger partial charge in [0.15, 0.2) is 0 Å². The van der Waals surface area contributed by atoms with E-state index in [9.17, 15) is 0 Å². The fourth-order valence-electron chi connectivity index (χ4n) is 0.997. The molecular weight excluding hydrogens is 271 g/mol. The van der Waals surface area contributed by atoms with E-state index in [1.807, 2.05) is 24.3 Å². The Morgan fingerprint density at radius 1 is 0.923 bits per heavy atom. The van der Waals surface area contributed by atoms with Gasteiger partial charge in [-0.2, -0.15) is 0 Å². The van der Waals surface area contributed by atoms with Crippen molar-refractivity contribution in [2.45, 2.75) is 14.8 Å². The Kier molecular flexibility index (Phi) is 3.47. The van der Waals surface area contributed by atoms with Gasteiger partial charge >= 0.3 is 84.3 Å². The van der Waals surface area contributed by atoms with Crippen molar-refractivity contribution in [1.29, 1.82) is 0 Å². The van der Waals surface area contributed by atoms with Crippen LogP contribution in [-0.4, -0.2) is 25.9 Å². The van der Waals surface area contributed by atoms with Gasteiger partial charge < -0.3 is 0 Å². The van der Waals surface area contributed by atoms with Gasteiger partial charge in [0.2, 0.25) is 0 Å². The summed E-state index contributed by atoms with van der Waals surface area (Å²) < 4.78 is 10.9. The Bertz CT molecular complexity index is 261. The molecule has 1 aromatic carbocycles. The molecule has 0 amide bonds. The minimum absolute atomic E-state index is 0.872. The summed E-state index contributed by atoms with van der Waals surface area (Å²) in [7, 11) is 1.67. The van der Waals surface area contributed by atoms with Crippen molar-refractivity contribution in [3.05, 3.63) is 24.3 Å². The number of hydrogen-bond donors (Lipinski definition) is 0. The Hall–Kier alpha value is -0.381. The van der Waals surface area contributed by atoms with E-state index in [1.165, 1.54) is 0 Å². The van der Waals surface area contributed by atoms with E-state index in [1.54, 1.807) is 7.11 Å². The molecule has 0 bridgehead atoms. The molecule has 0 saturated heterocycles. The second-order valence-electron chi connectivity index (χ2n) is 3.89. The van der Waals surface area contributed by atoms with Crippen LogP contribution < -0.4 is 7.81 Å². The molecule has 0 aliphatic carbocycles. The summed E-state index contributed by atoms with van der Waals surface area (Å²) in [5, 5.41) is 0. The third kappa shape index (κ3) is 3.89. The average molecular weight is 287 g/mol. The van der Waals surface area contributed by atoms with E-state index >= 15 is 0 Å². The average Bonchev–Trinajstić information content (AvgIpc) is 2.03. The Labute approximate surface area is 84.3 Å². The molecule has 0 aromatic heterocycles. The summed E-state index contributed by atoms with van der Waals surface area (Å²) in [6, 6.07) is 7.77. The third-order valence-electron chi connectivity index (χ3n) is 1.48. The van der Waals surface area contributed by atoms with E-state index in [0.29, 0.717) is 0 Å². The SMILES string of the molecule is COc1ccc([O][Sn]([CH3])([CH3])[CH3])cc1. The van der Waals surface area contributed by atoms with E-state index in [-0.39, 0.29) is 0 Å². The van der Waals surface area contributed by atoms with Crippen LogP contribution in [0.2, 0.25) is 14.8 Å². The Balaban J connectivity index is 2.70. The van der Waals surface area contributed by atoms with Crippen LogP contribution in [0.1, 0.15) is 0 Å². The summed E-state index contributed by atoms with van der Waals surface area (Å²) in [6.45, 7) is 0. The second-order valence-corrected chi connectivity index (χ2v) is 16.5. The van der Waals surface area contributed by atoms with E-state index < -0.39 is 18.8 Å². The van der Waals surface area contributed by atoms with Crippen molar-refractivity contribution < 1.29 is 7.81 Å². The van der Waals surface area contributed by atoms with Crippen LogP contribution >= 0.6 is 0 Å². The van der Waals surface area contributed by atoms with Crippen molar-refractivity contribution in [2.24, 2.45) is 0 Å². The predicted molar refractivity (Wildman–Crippen MR) is 57.0 cm³/mol. The van der Waals surface area contributed by atoms with Crippen molar-refractivity contribution >= 4 is 18.8 Å². The first-order valence-electron chi connectivity index (χ1n) is 4.34. The summed E-state index contributed by atoms with van der Waals surface area (Å²) >= 11 is -2.14. The number of benzene rings is 1. The van der Waals surface area contributed by atoms with Crippen LogP contribution in [0.25, 0.3) is 0 Å². The Morgan fingerprint density at radius 2 is 1.38 bits per heavy atom. The van der Waals surface area contributed by atoms with Crippen LogP contribution in [0.3, 0.4) is 0 Å². The number of ether oxygens (including phenoxy) is 1. The van der Waals surface area contributed by atoms with Crippen molar-refractivity contribution in [1.82, 2.24) is 0 Å². The number of methoxy groups -OCH3 is 1. The molecule has 0 saturated carbocycles. The van der Waals surface area contributed by atoms with Crippen molar-refractivity contribution in [3.63, 3.8) is 0 Å². The van der Waals surface area contributed by atoms with E-state index in [0.717, 1.165) is 11.5 Å². The maximum absolute atomic E-state index is 5.86. The molecule has 0 fully saturated rings. The number of hydrogen-bond acceptors (Lipinski definition) is 2. The van der Waals surface area contributed by atoms with Crippen LogP contribution in [0.15, 0.2) is 24.3 Å². The first-order valence-corrected chi connectivity index (χ1v) is 14.1. The van der Waals surface area contributed by atoms with Crippen LogP contribution in [0, 0.1) is 0 Å². The molecule has 0 spiro atoms. The van der Waals surface area contributed by atoms with E-state index in [2.05, 4.69) is 14.8 Å². The normalized spacial score (nSPS) is 11.1. The zero-order valence-corrected chi connectivity index (χ0v) is 11.5. The third-order valence-corrected chi connectivity index (χ3v) is 3.90. The van der Waals surface area contributed by atoms with Gasteiger partial charge in [0.25, 0.3) is 0 Å². The van der Waals surface area contributed by atoms with Gasteiger partial charge in [-0.25, -0.2) is 0 Å². The maximum atomic E-state index is 5.86. The standard InChI is InChI=1S/C7H8O2.3CH3.Sn/c1-9-7-4-2-6(8)3-5-7;;;;/h2-5,8H,1H3;3*1H3;/q;;;;+1/p-1. The zero-order chi connectivity index (χ0) is 9.90. The predicted octanol–water partition coefficient (Wildman–Crippen LogP) is 2.91. The quantitative estimate of drug-likeness (QED) is 0.796. The molecule has 0 aliphatic heterocycles. The molecule has 0 radical (unpaired) electrons. The monoisotopic (exact) mass is 288 g/mol. The molecule has 1 rings (SSSR count). The van der Waals surface area contributed by atoms with Gasteiger partial charge in [0, 0.05) is 0 Å². The first-order chi connectivity index (χ1) is 6.01. The summed E-state index contributed by atoms with van der Waals surface area (Å²) in [5.41, 5.74) is 0. The van der Waals surface area contributed by atoms with Crippen LogP contribution in [-0.2, 0) is 0 Å². The van der Waals surface area contributed by atoms with E-state index in [4.69, 9.17) is 7.81 Å². The molecule has 72 valence electrons. The molecule has 0 unspecified atom stereocenters. The summed E-state index contributed by atoms with van der Waals surface area (Å²) in [6.07, 6.45) is 0. The molecule has 0 aliphatic rings. The first kappa shape index (κ1) is 10.7. The molecule has 1 aromatic rings. The molecule has 2 nitrogen and oxygen atoms in total. The molecular formula is C10H16O2Sn. The van der Waals surface area contributed by atoms with Gasteiger partial charge in [-0.1, -0.05) is 0 Å². The van der Waals surface area contributed by atoms with Crippen molar-refractivity contribution in [2.75, 3.05) is 7.11 Å². The minimum atomic E-state index is -2.14. The van der Waals surface area contributed by atoms with Crippen molar-refractivity contribution in [3.8, 4) is 11.5 Å². The zero-order valence-electron chi connectivity index (χ0n) is 8.63.